The van der Waals surface area contributed by atoms with Gasteiger partial charge in [0.25, 0.3) is 0 Å². The first-order valence-electron chi connectivity index (χ1n) is 15.1. The van der Waals surface area contributed by atoms with Gasteiger partial charge in [-0.25, -0.2) is 0 Å². The quantitative estimate of drug-likeness (QED) is 0.246. The summed E-state index contributed by atoms with van der Waals surface area (Å²) in [6.07, 6.45) is -8.97. The Hall–Kier alpha value is -1.38. The lowest BCUT2D eigenvalue weighted by Crippen LogP contribution is -2.60. The Labute approximate surface area is 249 Å². The van der Waals surface area contributed by atoms with Gasteiger partial charge in [-0.3, -0.25) is 9.59 Å². The number of aliphatic hydroxyl groups is 6. The van der Waals surface area contributed by atoms with Crippen molar-refractivity contribution in [1.82, 2.24) is 4.90 Å². The molecular formula is C30H55NO11. The average Bonchev–Trinajstić information content (AvgIpc) is 2.91. The molecule has 0 saturated carbocycles. The Bertz CT molecular complexity index is 914. The zero-order chi connectivity index (χ0) is 32.5. The highest BCUT2D eigenvalue weighted by Gasteiger charge is 2.51. The fourth-order valence-electron chi connectivity index (χ4n) is 6.69. The van der Waals surface area contributed by atoms with E-state index in [2.05, 4.69) is 0 Å². The van der Waals surface area contributed by atoms with Gasteiger partial charge in [-0.05, 0) is 52.9 Å². The number of hydrogen-bond acceptors (Lipinski definition) is 11. The Morgan fingerprint density at radius 1 is 1.00 bits per heavy atom. The number of carbonyl (C=O) groups is 2. The van der Waals surface area contributed by atoms with Crippen molar-refractivity contribution in [2.45, 2.75) is 148 Å². The van der Waals surface area contributed by atoms with Crippen LogP contribution >= 0.6 is 0 Å². The van der Waals surface area contributed by atoms with Crippen molar-refractivity contribution < 1.29 is 54.4 Å². The second-order valence-corrected chi connectivity index (χ2v) is 13.3. The van der Waals surface area contributed by atoms with Crippen molar-refractivity contribution in [3.05, 3.63) is 0 Å². The fourth-order valence-corrected chi connectivity index (χ4v) is 6.69. The normalized spacial score (nSPS) is 48.2. The molecule has 0 spiro atoms. The lowest BCUT2D eigenvalue weighted by Gasteiger charge is -2.47. The van der Waals surface area contributed by atoms with Crippen molar-refractivity contribution in [2.24, 2.45) is 23.7 Å². The van der Waals surface area contributed by atoms with Crippen LogP contribution in [-0.2, 0) is 23.8 Å². The minimum absolute atomic E-state index is 0.0692. The molecule has 12 heteroatoms. The lowest BCUT2D eigenvalue weighted by molar-refractivity contribution is -0.299. The number of carbonyl (C=O) groups excluding carboxylic acids is 2. The van der Waals surface area contributed by atoms with Crippen LogP contribution in [0.4, 0.5) is 0 Å². The number of likely N-dealkylation sites (N-methyl/N-ethyl adjacent to an activating group) is 1. The van der Waals surface area contributed by atoms with Crippen molar-refractivity contribution >= 4 is 11.9 Å². The summed E-state index contributed by atoms with van der Waals surface area (Å²) in [5.41, 5.74) is -3.66. The first-order chi connectivity index (χ1) is 19.2. The number of esters is 1. The topological polar surface area (TPSA) is 186 Å². The number of aliphatic hydroxyl groups excluding tert-OH is 4. The standard InChI is InChI=1S/C30H55NO11/c1-11-21-30(9,39)25(36)16(4)22(33)14(2)13-29(8,38)26(17(5)23(34)18(6)27(37)41-21)42-28-24(35)20(12-15(3)40-28)31(10)19(7)32/h14-18,20-26,28,33-36,38-39H,11-13H2,1-10H3/t14-,15-,16+,17+,18-,20?,21-,22+,23+,24-,25-,26-,28+,29-,30-/m1/s1. The van der Waals surface area contributed by atoms with Crippen LogP contribution in [0.1, 0.15) is 81.6 Å². The fraction of sp³-hybridized carbons (Fsp3) is 0.933. The van der Waals surface area contributed by atoms with E-state index >= 15 is 0 Å². The molecule has 2 aliphatic heterocycles. The number of nitrogens with zero attached hydrogens (tertiary/aromatic N) is 1. The molecule has 2 aliphatic rings. The van der Waals surface area contributed by atoms with Crippen LogP contribution in [-0.4, -0.2) is 121 Å². The third-order valence-electron chi connectivity index (χ3n) is 9.64. The molecule has 2 fully saturated rings. The van der Waals surface area contributed by atoms with Crippen molar-refractivity contribution in [2.75, 3.05) is 7.05 Å². The van der Waals surface area contributed by atoms with Crippen LogP contribution in [0.3, 0.4) is 0 Å². The van der Waals surface area contributed by atoms with E-state index in [1.165, 1.54) is 32.6 Å². The monoisotopic (exact) mass is 605 g/mol. The summed E-state index contributed by atoms with van der Waals surface area (Å²) in [5.74, 6) is -4.64. The molecule has 42 heavy (non-hydrogen) atoms. The van der Waals surface area contributed by atoms with Gasteiger partial charge in [-0.2, -0.15) is 0 Å². The summed E-state index contributed by atoms with van der Waals surface area (Å²) in [5, 5.41) is 68.0. The molecule has 0 aliphatic carbocycles. The first-order valence-corrected chi connectivity index (χ1v) is 15.1. The zero-order valence-corrected chi connectivity index (χ0v) is 26.8. The van der Waals surface area contributed by atoms with Crippen LogP contribution in [0.15, 0.2) is 0 Å². The third kappa shape index (κ3) is 7.82. The maximum absolute atomic E-state index is 13.2. The number of amides is 1. The van der Waals surface area contributed by atoms with E-state index in [4.69, 9.17) is 14.2 Å². The van der Waals surface area contributed by atoms with Gasteiger partial charge in [0, 0.05) is 25.8 Å². The van der Waals surface area contributed by atoms with Gasteiger partial charge in [-0.1, -0.05) is 27.7 Å². The highest BCUT2D eigenvalue weighted by Crippen LogP contribution is 2.38. The second kappa shape index (κ2) is 14.2. The molecule has 15 atom stereocenters. The molecule has 0 aromatic heterocycles. The largest absolute Gasteiger partial charge is 0.459 e. The first kappa shape index (κ1) is 36.8. The van der Waals surface area contributed by atoms with Gasteiger partial charge in [-0.15, -0.1) is 0 Å². The Kier molecular flexibility index (Phi) is 12.4. The van der Waals surface area contributed by atoms with E-state index in [1.807, 2.05) is 0 Å². The lowest BCUT2D eigenvalue weighted by atomic mass is 9.73. The predicted octanol–water partition coefficient (Wildman–Crippen LogP) is 0.569. The highest BCUT2D eigenvalue weighted by atomic mass is 16.7. The number of rotatable bonds is 4. The summed E-state index contributed by atoms with van der Waals surface area (Å²) in [4.78, 5) is 26.7. The highest BCUT2D eigenvalue weighted by molar-refractivity contribution is 5.73. The molecule has 1 unspecified atom stereocenters. The number of ether oxygens (including phenoxy) is 3. The van der Waals surface area contributed by atoms with Gasteiger partial charge in [0.2, 0.25) is 5.91 Å². The zero-order valence-electron chi connectivity index (χ0n) is 26.8. The summed E-state index contributed by atoms with van der Waals surface area (Å²) in [7, 11) is 1.57. The van der Waals surface area contributed by atoms with E-state index in [0.717, 1.165) is 0 Å². The van der Waals surface area contributed by atoms with Crippen molar-refractivity contribution in [3.8, 4) is 0 Å². The van der Waals surface area contributed by atoms with Crippen LogP contribution in [0.5, 0.6) is 0 Å². The van der Waals surface area contributed by atoms with E-state index < -0.39 is 95.9 Å². The molecular weight excluding hydrogens is 550 g/mol. The van der Waals surface area contributed by atoms with E-state index in [0.29, 0.717) is 6.42 Å². The molecule has 0 bridgehead atoms. The number of hydrogen-bond donors (Lipinski definition) is 6. The van der Waals surface area contributed by atoms with Crippen LogP contribution in [0.2, 0.25) is 0 Å². The van der Waals surface area contributed by atoms with E-state index in [9.17, 15) is 40.2 Å². The van der Waals surface area contributed by atoms with Crippen molar-refractivity contribution in [1.29, 1.82) is 0 Å². The number of cyclic esters (lactones) is 1. The predicted molar refractivity (Wildman–Crippen MR) is 153 cm³/mol. The minimum atomic E-state index is -1.91. The molecule has 2 rings (SSSR count). The van der Waals surface area contributed by atoms with Crippen LogP contribution in [0, 0.1) is 23.7 Å². The maximum atomic E-state index is 13.2. The molecule has 0 radical (unpaired) electrons. The third-order valence-corrected chi connectivity index (χ3v) is 9.64. The molecule has 0 aromatic rings. The second-order valence-electron chi connectivity index (χ2n) is 13.3. The maximum Gasteiger partial charge on any atom is 0.311 e. The summed E-state index contributed by atoms with van der Waals surface area (Å²) >= 11 is 0. The average molecular weight is 606 g/mol. The Balaban J connectivity index is 2.55. The van der Waals surface area contributed by atoms with Gasteiger partial charge in [0.15, 0.2) is 6.29 Å². The molecule has 12 nitrogen and oxygen atoms in total. The SMILES string of the molecule is CC[C@H]1OC(=O)[C@H](C)[C@@H](O)[C@H](C)[C@@H](O[C@@H]2O[C@H](C)CC(N(C)C(C)=O)[C@H]2O)[C@](C)(O)C[C@@H](C)[C@H](O)[C@H](C)[C@@H](O)[C@]1(C)O. The van der Waals surface area contributed by atoms with Gasteiger partial charge in [0.1, 0.15) is 17.8 Å². The smallest absolute Gasteiger partial charge is 0.311 e. The molecule has 6 N–H and O–H groups in total. The van der Waals surface area contributed by atoms with Crippen LogP contribution in [0.25, 0.3) is 0 Å². The van der Waals surface area contributed by atoms with Crippen molar-refractivity contribution in [3.63, 3.8) is 0 Å². The van der Waals surface area contributed by atoms with E-state index in [-0.39, 0.29) is 18.7 Å². The Morgan fingerprint density at radius 2 is 1.57 bits per heavy atom. The van der Waals surface area contributed by atoms with E-state index in [1.54, 1.807) is 41.7 Å². The molecule has 0 aromatic carbocycles. The summed E-state index contributed by atoms with van der Waals surface area (Å²) in [6.45, 7) is 14.0. The molecule has 2 heterocycles. The molecule has 1 amide bonds. The van der Waals surface area contributed by atoms with Crippen LogP contribution < -0.4 is 0 Å². The summed E-state index contributed by atoms with van der Waals surface area (Å²) in [6, 6.07) is -0.629. The molecule has 246 valence electrons. The minimum Gasteiger partial charge on any atom is -0.459 e. The van der Waals surface area contributed by atoms with Gasteiger partial charge >= 0.3 is 5.97 Å². The van der Waals surface area contributed by atoms with Gasteiger partial charge in [0.05, 0.1) is 48.1 Å². The molecule has 2 saturated heterocycles. The van der Waals surface area contributed by atoms with Gasteiger partial charge < -0.3 is 49.7 Å². The Morgan fingerprint density at radius 3 is 2.10 bits per heavy atom. The summed E-state index contributed by atoms with van der Waals surface area (Å²) < 4.78 is 17.8.